The molecule has 0 radical (unpaired) electrons. The molecule has 15 heavy (non-hydrogen) atoms. The van der Waals surface area contributed by atoms with Gasteiger partial charge in [-0.3, -0.25) is 4.79 Å². The van der Waals surface area contributed by atoms with E-state index >= 15 is 0 Å². The largest absolute Gasteiger partial charge is 0.297 e. The van der Waals surface area contributed by atoms with Crippen LogP contribution in [0.15, 0.2) is 30.3 Å². The lowest BCUT2D eigenvalue weighted by Crippen LogP contribution is -1.83. The minimum absolute atomic E-state index is 0.188. The Balaban J connectivity index is 2.52. The Morgan fingerprint density at radius 1 is 1.13 bits per heavy atom. The number of benzene rings is 1. The summed E-state index contributed by atoms with van der Waals surface area (Å²) in [6.45, 7) is 0. The average molecular weight is 224 g/mol. The molecule has 1 aromatic heterocycles. The fourth-order valence-corrected chi connectivity index (χ4v) is 2.09. The van der Waals surface area contributed by atoms with Gasteiger partial charge in [0.1, 0.15) is 11.6 Å². The molecule has 0 saturated heterocycles. The molecule has 0 spiro atoms. The quantitative estimate of drug-likeness (QED) is 0.713. The highest BCUT2D eigenvalue weighted by Crippen LogP contribution is 2.29. The second-order valence-corrected chi connectivity index (χ2v) is 4.06. The zero-order valence-corrected chi connectivity index (χ0v) is 8.35. The summed E-state index contributed by atoms with van der Waals surface area (Å²) in [4.78, 5) is 11.5. The Morgan fingerprint density at radius 3 is 2.60 bits per heavy atom. The van der Waals surface area contributed by atoms with E-state index in [1.54, 1.807) is 12.1 Å². The number of thiophene rings is 1. The molecule has 1 aromatic carbocycles. The standard InChI is InChI=1S/C11H6F2OS/c12-7-1-3-10(13)9(5-7)11-4-2-8(6-14)15-11/h1-6H. The highest BCUT2D eigenvalue weighted by molar-refractivity contribution is 7.17. The Hall–Kier alpha value is -1.55. The van der Waals surface area contributed by atoms with E-state index in [9.17, 15) is 13.6 Å². The van der Waals surface area contributed by atoms with E-state index in [2.05, 4.69) is 0 Å². The molecule has 76 valence electrons. The summed E-state index contributed by atoms with van der Waals surface area (Å²) < 4.78 is 26.2. The molecule has 1 nitrogen and oxygen atoms in total. The van der Waals surface area contributed by atoms with Gasteiger partial charge in [-0.05, 0) is 30.3 Å². The van der Waals surface area contributed by atoms with E-state index in [4.69, 9.17) is 0 Å². The Morgan fingerprint density at radius 2 is 1.93 bits per heavy atom. The van der Waals surface area contributed by atoms with Crippen LogP contribution in [0.2, 0.25) is 0 Å². The number of carbonyl (C=O) groups is 1. The maximum Gasteiger partial charge on any atom is 0.160 e. The molecule has 0 fully saturated rings. The number of aldehydes is 1. The van der Waals surface area contributed by atoms with Crippen molar-refractivity contribution in [2.24, 2.45) is 0 Å². The molecule has 0 aliphatic carbocycles. The van der Waals surface area contributed by atoms with Crippen LogP contribution in [-0.4, -0.2) is 6.29 Å². The number of rotatable bonds is 2. The Labute approximate surface area is 89.0 Å². The van der Waals surface area contributed by atoms with E-state index in [1.165, 1.54) is 0 Å². The third-order valence-electron chi connectivity index (χ3n) is 1.94. The second kappa shape index (κ2) is 3.90. The van der Waals surface area contributed by atoms with Crippen LogP contribution < -0.4 is 0 Å². The average Bonchev–Trinajstić information content (AvgIpc) is 2.70. The van der Waals surface area contributed by atoms with Crippen molar-refractivity contribution in [3.8, 4) is 10.4 Å². The van der Waals surface area contributed by atoms with Gasteiger partial charge in [-0.1, -0.05) is 0 Å². The smallest absolute Gasteiger partial charge is 0.160 e. The number of carbonyl (C=O) groups excluding carboxylic acids is 1. The van der Waals surface area contributed by atoms with Crippen molar-refractivity contribution in [2.45, 2.75) is 0 Å². The third kappa shape index (κ3) is 1.94. The third-order valence-corrected chi connectivity index (χ3v) is 2.98. The lowest BCUT2D eigenvalue weighted by Gasteiger charge is -1.99. The highest BCUT2D eigenvalue weighted by atomic mass is 32.1. The molecule has 0 N–H and O–H groups in total. The zero-order chi connectivity index (χ0) is 10.8. The van der Waals surface area contributed by atoms with Gasteiger partial charge in [-0.25, -0.2) is 8.78 Å². The van der Waals surface area contributed by atoms with Crippen LogP contribution >= 0.6 is 11.3 Å². The Bertz CT molecular complexity index is 505. The number of halogens is 2. The second-order valence-electron chi connectivity index (χ2n) is 2.94. The molecule has 0 saturated carbocycles. The molecule has 2 aromatic rings. The maximum atomic E-state index is 13.3. The fourth-order valence-electron chi connectivity index (χ4n) is 1.25. The normalized spacial score (nSPS) is 10.3. The van der Waals surface area contributed by atoms with Crippen LogP contribution in [0.25, 0.3) is 10.4 Å². The van der Waals surface area contributed by atoms with E-state index < -0.39 is 11.6 Å². The van der Waals surface area contributed by atoms with Crippen LogP contribution in [0.5, 0.6) is 0 Å². The highest BCUT2D eigenvalue weighted by Gasteiger charge is 2.08. The van der Waals surface area contributed by atoms with E-state index in [0.29, 0.717) is 16.0 Å². The lowest BCUT2D eigenvalue weighted by molar-refractivity contribution is 0.112. The van der Waals surface area contributed by atoms with Crippen molar-refractivity contribution in [1.82, 2.24) is 0 Å². The predicted octanol–water partition coefficient (Wildman–Crippen LogP) is 3.51. The maximum absolute atomic E-state index is 13.3. The van der Waals surface area contributed by atoms with E-state index in [-0.39, 0.29) is 5.56 Å². The van der Waals surface area contributed by atoms with Crippen molar-refractivity contribution in [3.63, 3.8) is 0 Å². The van der Waals surface area contributed by atoms with Gasteiger partial charge >= 0.3 is 0 Å². The van der Waals surface area contributed by atoms with E-state index in [1.807, 2.05) is 0 Å². The van der Waals surface area contributed by atoms with Gasteiger partial charge in [0.05, 0.1) is 4.88 Å². The summed E-state index contributed by atoms with van der Waals surface area (Å²) in [6, 6.07) is 6.44. The summed E-state index contributed by atoms with van der Waals surface area (Å²) in [5.41, 5.74) is 0.188. The molecule has 0 bridgehead atoms. The first-order valence-corrected chi connectivity index (χ1v) is 5.03. The van der Waals surface area contributed by atoms with Gasteiger partial charge in [0.2, 0.25) is 0 Å². The van der Waals surface area contributed by atoms with Gasteiger partial charge in [-0.2, -0.15) is 0 Å². The molecular formula is C11H6F2OS. The molecular weight excluding hydrogens is 218 g/mol. The monoisotopic (exact) mass is 224 g/mol. The van der Waals surface area contributed by atoms with Gasteiger partial charge in [0.15, 0.2) is 6.29 Å². The lowest BCUT2D eigenvalue weighted by atomic mass is 10.2. The summed E-state index contributed by atoms with van der Waals surface area (Å²) in [5, 5.41) is 0. The fraction of sp³-hybridized carbons (Fsp3) is 0. The number of hydrogen-bond donors (Lipinski definition) is 0. The van der Waals surface area contributed by atoms with Crippen molar-refractivity contribution >= 4 is 17.6 Å². The number of hydrogen-bond acceptors (Lipinski definition) is 2. The molecule has 0 unspecified atom stereocenters. The molecule has 0 aliphatic rings. The molecule has 0 atom stereocenters. The summed E-state index contributed by atoms with van der Waals surface area (Å²) in [7, 11) is 0. The van der Waals surface area contributed by atoms with Crippen LogP contribution in [0.3, 0.4) is 0 Å². The van der Waals surface area contributed by atoms with Crippen molar-refractivity contribution in [3.05, 3.63) is 46.8 Å². The Kier molecular flexibility index (Phi) is 2.60. The molecule has 2 rings (SSSR count). The van der Waals surface area contributed by atoms with Crippen LogP contribution in [0.1, 0.15) is 9.67 Å². The first-order valence-electron chi connectivity index (χ1n) is 4.21. The van der Waals surface area contributed by atoms with Gasteiger partial charge in [0, 0.05) is 10.4 Å². The SMILES string of the molecule is O=Cc1ccc(-c2cc(F)ccc2F)s1. The molecule has 4 heteroatoms. The molecule has 0 amide bonds. The van der Waals surface area contributed by atoms with Crippen LogP contribution in [-0.2, 0) is 0 Å². The van der Waals surface area contributed by atoms with Crippen LogP contribution in [0.4, 0.5) is 8.78 Å². The van der Waals surface area contributed by atoms with Gasteiger partial charge < -0.3 is 0 Å². The minimum atomic E-state index is -0.493. The minimum Gasteiger partial charge on any atom is -0.297 e. The first kappa shape index (κ1) is 9.98. The molecule has 0 aliphatic heterocycles. The van der Waals surface area contributed by atoms with Crippen molar-refractivity contribution < 1.29 is 13.6 Å². The molecule has 1 heterocycles. The van der Waals surface area contributed by atoms with Crippen molar-refractivity contribution in [1.29, 1.82) is 0 Å². The van der Waals surface area contributed by atoms with Crippen molar-refractivity contribution in [2.75, 3.05) is 0 Å². The predicted molar refractivity (Wildman–Crippen MR) is 55.1 cm³/mol. The summed E-state index contributed by atoms with van der Waals surface area (Å²) in [5.74, 6) is -0.983. The topological polar surface area (TPSA) is 17.1 Å². The first-order chi connectivity index (χ1) is 7.20. The van der Waals surface area contributed by atoms with Crippen LogP contribution in [0, 0.1) is 11.6 Å². The summed E-state index contributed by atoms with van der Waals surface area (Å²) >= 11 is 1.13. The summed E-state index contributed by atoms with van der Waals surface area (Å²) in [6.07, 6.45) is 0.686. The van der Waals surface area contributed by atoms with E-state index in [0.717, 1.165) is 29.5 Å². The van der Waals surface area contributed by atoms with Gasteiger partial charge in [-0.15, -0.1) is 11.3 Å². The zero-order valence-electron chi connectivity index (χ0n) is 7.54. The van der Waals surface area contributed by atoms with Gasteiger partial charge in [0.25, 0.3) is 0 Å².